The van der Waals surface area contributed by atoms with Gasteiger partial charge in [-0.15, -0.1) is 5.73 Å². The molecule has 0 saturated carbocycles. The molecule has 0 N–H and O–H groups in total. The predicted octanol–water partition coefficient (Wildman–Crippen LogP) is 4.26. The van der Waals surface area contributed by atoms with Crippen molar-refractivity contribution in [2.75, 3.05) is 0 Å². The molecule has 1 heterocycles. The van der Waals surface area contributed by atoms with Gasteiger partial charge >= 0.3 is 7.12 Å². The fourth-order valence-electron chi connectivity index (χ4n) is 2.75. The van der Waals surface area contributed by atoms with Crippen LogP contribution in [0.4, 0.5) is 0 Å². The normalized spacial score (nSPS) is 19.4. The lowest BCUT2D eigenvalue weighted by molar-refractivity contribution is 0.00578. The van der Waals surface area contributed by atoms with Crippen molar-refractivity contribution < 1.29 is 9.31 Å². The summed E-state index contributed by atoms with van der Waals surface area (Å²) in [6.07, 6.45) is 0. The Balaban J connectivity index is 2.52. The lowest BCUT2D eigenvalue weighted by Crippen LogP contribution is -2.49. The minimum Gasteiger partial charge on any atom is -0.399 e. The van der Waals surface area contributed by atoms with Gasteiger partial charge < -0.3 is 9.31 Å². The van der Waals surface area contributed by atoms with E-state index in [9.17, 15) is 0 Å². The van der Waals surface area contributed by atoms with Crippen molar-refractivity contribution >= 4 is 20.4 Å². The summed E-state index contributed by atoms with van der Waals surface area (Å²) in [6.45, 7) is 17.3. The first-order valence-corrected chi connectivity index (χ1v) is 11.3. The molecule has 0 bridgehead atoms. The average molecular weight is 328 g/mol. The van der Waals surface area contributed by atoms with Gasteiger partial charge in [-0.1, -0.05) is 48.6 Å². The van der Waals surface area contributed by atoms with Crippen LogP contribution < -0.4 is 5.19 Å². The highest BCUT2D eigenvalue weighted by Crippen LogP contribution is 2.40. The van der Waals surface area contributed by atoms with E-state index in [0.29, 0.717) is 0 Å². The number of rotatable bonds is 3. The summed E-state index contributed by atoms with van der Waals surface area (Å²) in [4.78, 5) is 0. The molecule has 1 aromatic rings. The molecular weight excluding hydrogens is 299 g/mol. The third-order valence-corrected chi connectivity index (χ3v) is 8.53. The second-order valence-corrected chi connectivity index (χ2v) is 12.5. The quantitative estimate of drug-likeness (QED) is 0.609. The van der Waals surface area contributed by atoms with Gasteiger partial charge in [0.25, 0.3) is 0 Å². The van der Waals surface area contributed by atoms with Crippen LogP contribution in [0.15, 0.2) is 46.7 Å². The molecule has 0 amide bonds. The van der Waals surface area contributed by atoms with Gasteiger partial charge in [-0.25, -0.2) is 0 Å². The van der Waals surface area contributed by atoms with Crippen molar-refractivity contribution in [3.05, 3.63) is 46.7 Å². The highest BCUT2D eigenvalue weighted by Gasteiger charge is 2.55. The van der Waals surface area contributed by atoms with Gasteiger partial charge in [-0.2, -0.15) is 0 Å². The van der Waals surface area contributed by atoms with Crippen molar-refractivity contribution in [1.29, 1.82) is 0 Å². The van der Waals surface area contributed by atoms with Crippen molar-refractivity contribution in [3.63, 3.8) is 0 Å². The van der Waals surface area contributed by atoms with Gasteiger partial charge in [0.1, 0.15) is 8.07 Å². The zero-order valence-corrected chi connectivity index (χ0v) is 16.8. The maximum Gasteiger partial charge on any atom is 0.494 e. The molecule has 1 saturated heterocycles. The van der Waals surface area contributed by atoms with E-state index in [1.165, 1.54) is 10.3 Å². The van der Waals surface area contributed by atoms with Crippen molar-refractivity contribution in [3.8, 4) is 0 Å². The van der Waals surface area contributed by atoms with Gasteiger partial charge in [0, 0.05) is 0 Å². The smallest absolute Gasteiger partial charge is 0.399 e. The Morgan fingerprint density at radius 1 is 0.957 bits per heavy atom. The fourth-order valence-corrected chi connectivity index (χ4v) is 5.36. The third kappa shape index (κ3) is 3.56. The van der Waals surface area contributed by atoms with Crippen LogP contribution in [0.2, 0.25) is 13.1 Å². The van der Waals surface area contributed by atoms with Crippen molar-refractivity contribution in [2.45, 2.75) is 65.8 Å². The molecule has 0 radical (unpaired) electrons. The minimum atomic E-state index is -1.93. The van der Waals surface area contributed by atoms with E-state index in [0.717, 1.165) is 5.57 Å². The molecule has 0 spiro atoms. The molecule has 0 atom stereocenters. The monoisotopic (exact) mass is 328 g/mol. The summed E-state index contributed by atoms with van der Waals surface area (Å²) in [7, 11) is -2.25. The standard InChI is InChI=1S/C19H29BO2Si/c1-15(2)14-17(20-21-18(3,4)19(5,6)22-20)23(7,8)16-12-10-9-11-13-16/h9-13H,1-8H3. The molecule has 0 aromatic heterocycles. The van der Waals surface area contributed by atoms with Crippen LogP contribution in [0.5, 0.6) is 0 Å². The molecule has 23 heavy (non-hydrogen) atoms. The summed E-state index contributed by atoms with van der Waals surface area (Å²) in [5.74, 6) is 0. The Bertz CT molecular complexity index is 621. The van der Waals surface area contributed by atoms with Crippen LogP contribution in [-0.4, -0.2) is 26.4 Å². The summed E-state index contributed by atoms with van der Waals surface area (Å²) in [5.41, 5.74) is 4.09. The molecule has 0 aliphatic carbocycles. The lowest BCUT2D eigenvalue weighted by atomic mass is 9.89. The molecule has 2 nitrogen and oxygen atoms in total. The average Bonchev–Trinajstić information content (AvgIpc) is 2.65. The van der Waals surface area contributed by atoms with E-state index in [2.05, 4.69) is 90.7 Å². The minimum absolute atomic E-state index is 0.322. The molecule has 1 fully saturated rings. The molecule has 4 heteroatoms. The van der Waals surface area contributed by atoms with E-state index in [-0.39, 0.29) is 18.3 Å². The first-order valence-electron chi connectivity index (χ1n) is 8.33. The summed E-state index contributed by atoms with van der Waals surface area (Å²) < 4.78 is 12.7. The first kappa shape index (κ1) is 18.3. The molecule has 2 rings (SSSR count). The number of hydrogen-bond acceptors (Lipinski definition) is 2. The van der Waals surface area contributed by atoms with E-state index in [4.69, 9.17) is 9.31 Å². The van der Waals surface area contributed by atoms with Gasteiger partial charge in [0.05, 0.1) is 11.2 Å². The van der Waals surface area contributed by atoms with Gasteiger partial charge in [-0.05, 0) is 52.2 Å². The lowest BCUT2D eigenvalue weighted by Gasteiger charge is -2.32. The van der Waals surface area contributed by atoms with E-state index in [1.807, 2.05) is 0 Å². The van der Waals surface area contributed by atoms with Crippen LogP contribution >= 0.6 is 0 Å². The second-order valence-electron chi connectivity index (χ2n) is 8.12. The van der Waals surface area contributed by atoms with Crippen molar-refractivity contribution in [1.82, 2.24) is 0 Å². The fraction of sp³-hybridized carbons (Fsp3) is 0.526. The number of hydrogen-bond donors (Lipinski definition) is 0. The highest BCUT2D eigenvalue weighted by molar-refractivity contribution is 7.04. The molecule has 1 aromatic carbocycles. The molecule has 124 valence electrons. The van der Waals surface area contributed by atoms with Gasteiger partial charge in [-0.3, -0.25) is 0 Å². The van der Waals surface area contributed by atoms with Crippen LogP contribution in [0.3, 0.4) is 0 Å². The number of benzene rings is 1. The topological polar surface area (TPSA) is 18.5 Å². The zero-order valence-electron chi connectivity index (χ0n) is 15.8. The van der Waals surface area contributed by atoms with E-state index < -0.39 is 8.07 Å². The Hall–Kier alpha value is -1.06. The van der Waals surface area contributed by atoms with E-state index in [1.54, 1.807) is 0 Å². The van der Waals surface area contributed by atoms with Gasteiger partial charge in [0.2, 0.25) is 0 Å². The summed E-state index contributed by atoms with van der Waals surface area (Å²) in [6, 6.07) is 10.7. The Morgan fingerprint density at radius 2 is 1.43 bits per heavy atom. The maximum atomic E-state index is 6.33. The highest BCUT2D eigenvalue weighted by atomic mass is 28.3. The molecule has 1 aliphatic heterocycles. The Kier molecular flexibility index (Phi) is 4.85. The molecule has 1 aliphatic rings. The predicted molar refractivity (Wildman–Crippen MR) is 102 cm³/mol. The largest absolute Gasteiger partial charge is 0.494 e. The SMILES string of the molecule is CC(C)=C=C(B1OC(C)(C)C(C)(C)O1)[Si](C)(C)c1ccccc1. The number of allylic oxidation sites excluding steroid dienone is 1. The zero-order chi connectivity index (χ0) is 17.5. The van der Waals surface area contributed by atoms with Crippen molar-refractivity contribution in [2.24, 2.45) is 0 Å². The first-order chi connectivity index (χ1) is 10.5. The van der Waals surface area contributed by atoms with Crippen LogP contribution in [0.25, 0.3) is 0 Å². The third-order valence-electron chi connectivity index (χ3n) is 5.04. The summed E-state index contributed by atoms with van der Waals surface area (Å²) in [5, 5.41) is 2.56. The molecular formula is C19H29BO2Si. The van der Waals surface area contributed by atoms with E-state index >= 15 is 0 Å². The van der Waals surface area contributed by atoms with Gasteiger partial charge in [0.15, 0.2) is 0 Å². The maximum absolute atomic E-state index is 6.33. The summed E-state index contributed by atoms with van der Waals surface area (Å²) >= 11 is 0. The van der Waals surface area contributed by atoms with Crippen LogP contribution in [0.1, 0.15) is 41.5 Å². The molecule has 0 unspecified atom stereocenters. The van der Waals surface area contributed by atoms with Crippen LogP contribution in [-0.2, 0) is 9.31 Å². The Labute approximate surface area is 142 Å². The second kappa shape index (κ2) is 6.10. The Morgan fingerprint density at radius 3 is 1.87 bits per heavy atom. The van der Waals surface area contributed by atoms with Crippen LogP contribution in [0, 0.1) is 0 Å².